The summed E-state index contributed by atoms with van der Waals surface area (Å²) >= 11 is 3.67. The molecule has 30 heavy (non-hydrogen) atoms. The highest BCUT2D eigenvalue weighted by Crippen LogP contribution is 2.25. The van der Waals surface area contributed by atoms with Crippen LogP contribution in [0.4, 0.5) is 0 Å². The van der Waals surface area contributed by atoms with E-state index in [2.05, 4.69) is 35.7 Å². The standard InChI is InChI=1S/C13H14N2O3.C6H10.C2H6OS.C2H2/c1-9-14-15-12(18-9)10-3-5-11(6-4-10)13-16-7-2-8-17-13;1-3-5-6-4-2;3-1-2-4;1-2/h3-6,13H,2,7-8H2,1H3;3-6H,1-2H3;3-4H,1-2H2;1-2H/b;5-3-,6-4-;;. The molecule has 1 N–H and O–H groups in total. The number of aryl methyl sites for hydroxylation is 1. The quantitative estimate of drug-likeness (QED) is 0.411. The number of aromatic nitrogens is 2. The van der Waals surface area contributed by atoms with E-state index in [0.717, 1.165) is 30.8 Å². The molecule has 1 fully saturated rings. The summed E-state index contributed by atoms with van der Waals surface area (Å²) in [6, 6.07) is 7.79. The molecule has 2 heterocycles. The monoisotopic (exact) mass is 432 g/mol. The van der Waals surface area contributed by atoms with Crippen LogP contribution in [0.25, 0.3) is 11.5 Å². The molecule has 0 spiro atoms. The summed E-state index contributed by atoms with van der Waals surface area (Å²) in [5.74, 6) is 1.66. The number of rotatable bonds is 4. The van der Waals surface area contributed by atoms with Crippen LogP contribution >= 0.6 is 12.6 Å². The van der Waals surface area contributed by atoms with Crippen LogP contribution < -0.4 is 0 Å². The highest BCUT2D eigenvalue weighted by atomic mass is 32.1. The first-order valence-corrected chi connectivity index (χ1v) is 10.2. The fraction of sp³-hybridized carbons (Fsp3) is 0.391. The third-order valence-electron chi connectivity index (χ3n) is 3.38. The zero-order valence-electron chi connectivity index (χ0n) is 17.9. The maximum Gasteiger partial charge on any atom is 0.247 e. The molecule has 164 valence electrons. The molecule has 1 saturated heterocycles. The van der Waals surface area contributed by atoms with E-state index in [1.807, 2.05) is 62.4 Å². The predicted molar refractivity (Wildman–Crippen MR) is 124 cm³/mol. The number of allylic oxidation sites excluding steroid dienone is 4. The Morgan fingerprint density at radius 1 is 1.07 bits per heavy atom. The van der Waals surface area contributed by atoms with Crippen molar-refractivity contribution in [3.8, 4) is 24.3 Å². The van der Waals surface area contributed by atoms with Gasteiger partial charge in [0.1, 0.15) is 0 Å². The number of nitrogens with zero attached hydrogens (tertiary/aromatic N) is 2. The second kappa shape index (κ2) is 18.6. The van der Waals surface area contributed by atoms with Gasteiger partial charge in [0.05, 0.1) is 19.8 Å². The lowest BCUT2D eigenvalue weighted by Gasteiger charge is -2.23. The Kier molecular flexibility index (Phi) is 17.2. The highest BCUT2D eigenvalue weighted by molar-refractivity contribution is 7.80. The molecule has 2 aromatic rings. The van der Waals surface area contributed by atoms with E-state index >= 15 is 0 Å². The second-order valence-electron chi connectivity index (χ2n) is 5.67. The summed E-state index contributed by atoms with van der Waals surface area (Å²) < 4.78 is 16.5. The maximum absolute atomic E-state index is 7.80. The minimum absolute atomic E-state index is 0.184. The Hall–Kier alpha value is -2.37. The van der Waals surface area contributed by atoms with Gasteiger partial charge in [-0.25, -0.2) is 0 Å². The molecule has 0 saturated carbocycles. The van der Waals surface area contributed by atoms with Gasteiger partial charge in [-0.3, -0.25) is 0 Å². The van der Waals surface area contributed by atoms with Crippen molar-refractivity contribution in [3.63, 3.8) is 0 Å². The van der Waals surface area contributed by atoms with Crippen LogP contribution in [0.1, 0.15) is 38.0 Å². The van der Waals surface area contributed by atoms with E-state index in [-0.39, 0.29) is 12.9 Å². The molecule has 0 aliphatic carbocycles. The molecule has 3 rings (SSSR count). The second-order valence-corrected chi connectivity index (χ2v) is 6.12. The summed E-state index contributed by atoms with van der Waals surface area (Å²) in [5, 5.41) is 15.6. The number of terminal acetylenes is 1. The van der Waals surface area contributed by atoms with Crippen LogP contribution in [-0.2, 0) is 9.47 Å². The van der Waals surface area contributed by atoms with E-state index in [1.54, 1.807) is 6.92 Å². The fourth-order valence-electron chi connectivity index (χ4n) is 2.10. The molecule has 1 aliphatic rings. The Morgan fingerprint density at radius 2 is 1.60 bits per heavy atom. The molecule has 1 aromatic heterocycles. The SMILES string of the molecule is C#C.C/C=C\C=C/C.Cc1nnc(-c2ccc(C3OCCCO3)cc2)o1.OCCS. The molecule has 0 bridgehead atoms. The van der Waals surface area contributed by atoms with Crippen LogP contribution in [0.3, 0.4) is 0 Å². The van der Waals surface area contributed by atoms with Crippen molar-refractivity contribution in [3.05, 3.63) is 60.0 Å². The lowest BCUT2D eigenvalue weighted by molar-refractivity contribution is -0.183. The van der Waals surface area contributed by atoms with Crippen LogP contribution in [0.15, 0.2) is 53.0 Å². The first kappa shape index (κ1) is 27.6. The summed E-state index contributed by atoms with van der Waals surface area (Å²) in [6.07, 6.45) is 16.7. The predicted octanol–water partition coefficient (Wildman–Crippen LogP) is 4.78. The van der Waals surface area contributed by atoms with Gasteiger partial charge in [-0.1, -0.05) is 36.4 Å². The molecule has 1 aliphatic heterocycles. The van der Waals surface area contributed by atoms with Gasteiger partial charge in [-0.15, -0.1) is 23.0 Å². The van der Waals surface area contributed by atoms with Crippen molar-refractivity contribution in [2.75, 3.05) is 25.6 Å². The summed E-state index contributed by atoms with van der Waals surface area (Å²) in [4.78, 5) is 0. The van der Waals surface area contributed by atoms with Gasteiger partial charge in [0.25, 0.3) is 0 Å². The number of hydrogen-bond acceptors (Lipinski definition) is 7. The molecular formula is C23H32N2O4S. The average Bonchev–Trinajstić information content (AvgIpc) is 3.26. The summed E-state index contributed by atoms with van der Waals surface area (Å²) in [5.41, 5.74) is 1.91. The molecule has 0 unspecified atom stereocenters. The van der Waals surface area contributed by atoms with E-state index in [0.29, 0.717) is 17.5 Å². The molecule has 0 atom stereocenters. The highest BCUT2D eigenvalue weighted by Gasteiger charge is 2.16. The molecule has 6 nitrogen and oxygen atoms in total. The van der Waals surface area contributed by atoms with Crippen molar-refractivity contribution in [1.82, 2.24) is 10.2 Å². The zero-order chi connectivity index (χ0) is 22.6. The fourth-order valence-corrected chi connectivity index (χ4v) is 2.10. The average molecular weight is 433 g/mol. The normalized spacial score (nSPS) is 13.6. The van der Waals surface area contributed by atoms with E-state index in [4.69, 9.17) is 19.0 Å². The summed E-state index contributed by atoms with van der Waals surface area (Å²) in [7, 11) is 0. The third-order valence-corrected chi connectivity index (χ3v) is 3.58. The van der Waals surface area contributed by atoms with Crippen LogP contribution in [0.2, 0.25) is 0 Å². The molecule has 0 amide bonds. The lowest BCUT2D eigenvalue weighted by Crippen LogP contribution is -2.17. The van der Waals surface area contributed by atoms with Gasteiger partial charge in [-0.05, 0) is 32.4 Å². The molecule has 1 aromatic carbocycles. The first-order chi connectivity index (χ1) is 14.7. The van der Waals surface area contributed by atoms with Crippen molar-refractivity contribution in [1.29, 1.82) is 0 Å². The topological polar surface area (TPSA) is 77.6 Å². The number of benzene rings is 1. The zero-order valence-corrected chi connectivity index (χ0v) is 18.8. The Morgan fingerprint density at radius 3 is 2.00 bits per heavy atom. The maximum atomic E-state index is 7.80. The van der Waals surface area contributed by atoms with Gasteiger partial charge < -0.3 is 19.0 Å². The third kappa shape index (κ3) is 11.6. The van der Waals surface area contributed by atoms with Gasteiger partial charge in [0.15, 0.2) is 6.29 Å². The van der Waals surface area contributed by atoms with Gasteiger partial charge in [0.2, 0.25) is 11.8 Å². The minimum atomic E-state index is -0.253. The Labute approximate surface area is 185 Å². The van der Waals surface area contributed by atoms with Crippen molar-refractivity contribution < 1.29 is 19.0 Å². The van der Waals surface area contributed by atoms with Gasteiger partial charge in [0, 0.05) is 23.8 Å². The molecular weight excluding hydrogens is 400 g/mol. The van der Waals surface area contributed by atoms with Gasteiger partial charge in [-0.2, -0.15) is 12.6 Å². The van der Waals surface area contributed by atoms with Crippen LogP contribution in [0, 0.1) is 19.8 Å². The molecule has 7 heteroatoms. The number of hydrogen-bond donors (Lipinski definition) is 2. The Bertz CT molecular complexity index is 721. The van der Waals surface area contributed by atoms with E-state index in [1.165, 1.54) is 0 Å². The minimum Gasteiger partial charge on any atom is -0.421 e. The van der Waals surface area contributed by atoms with Crippen molar-refractivity contribution >= 4 is 12.6 Å². The van der Waals surface area contributed by atoms with Crippen molar-refractivity contribution in [2.45, 2.75) is 33.5 Å². The number of aliphatic hydroxyl groups excluding tert-OH is 1. The smallest absolute Gasteiger partial charge is 0.247 e. The van der Waals surface area contributed by atoms with Crippen LogP contribution in [0.5, 0.6) is 0 Å². The first-order valence-electron chi connectivity index (χ1n) is 9.58. The van der Waals surface area contributed by atoms with E-state index in [9.17, 15) is 0 Å². The van der Waals surface area contributed by atoms with Gasteiger partial charge >= 0.3 is 0 Å². The molecule has 0 radical (unpaired) electrons. The summed E-state index contributed by atoms with van der Waals surface area (Å²) in [6.45, 7) is 7.45. The Balaban J connectivity index is 0.000000588. The number of ether oxygens (including phenoxy) is 2. The van der Waals surface area contributed by atoms with Crippen molar-refractivity contribution in [2.24, 2.45) is 0 Å². The largest absolute Gasteiger partial charge is 0.421 e. The van der Waals surface area contributed by atoms with E-state index < -0.39 is 0 Å². The lowest BCUT2D eigenvalue weighted by atomic mass is 10.1. The van der Waals surface area contributed by atoms with Crippen LogP contribution in [-0.4, -0.2) is 40.9 Å². The number of aliphatic hydroxyl groups is 1. The number of thiol groups is 1.